The van der Waals surface area contributed by atoms with Gasteiger partial charge in [0.1, 0.15) is 5.60 Å². The summed E-state index contributed by atoms with van der Waals surface area (Å²) in [5.41, 5.74) is 0.879. The van der Waals surface area contributed by atoms with Crippen LogP contribution in [0.3, 0.4) is 0 Å². The molecular formula is C14H20O2. The molecule has 0 amide bonds. The molecule has 0 saturated carbocycles. The van der Waals surface area contributed by atoms with Crippen LogP contribution >= 0.6 is 0 Å². The van der Waals surface area contributed by atoms with Gasteiger partial charge in [0.2, 0.25) is 0 Å². The highest BCUT2D eigenvalue weighted by atomic mass is 16.6. The fourth-order valence-corrected chi connectivity index (χ4v) is 2.07. The molecule has 0 aliphatic carbocycles. The van der Waals surface area contributed by atoms with Gasteiger partial charge in [-0.25, -0.2) is 0 Å². The van der Waals surface area contributed by atoms with E-state index in [9.17, 15) is 4.79 Å². The Morgan fingerprint density at radius 2 is 1.88 bits per heavy atom. The van der Waals surface area contributed by atoms with Gasteiger partial charge in [-0.1, -0.05) is 37.3 Å². The van der Waals surface area contributed by atoms with Gasteiger partial charge in [0.15, 0.2) is 0 Å². The first-order chi connectivity index (χ1) is 7.41. The van der Waals surface area contributed by atoms with Gasteiger partial charge in [0, 0.05) is 6.92 Å². The number of carbonyl (C=O) groups excluding carboxylic acids is 1. The minimum atomic E-state index is -0.402. The number of hydrogen-bond acceptors (Lipinski definition) is 2. The van der Waals surface area contributed by atoms with Gasteiger partial charge in [-0.05, 0) is 31.7 Å². The largest absolute Gasteiger partial charge is 0.460 e. The maximum Gasteiger partial charge on any atom is 0.303 e. The smallest absolute Gasteiger partial charge is 0.303 e. The van der Waals surface area contributed by atoms with Crippen LogP contribution in [0.4, 0.5) is 0 Å². The van der Waals surface area contributed by atoms with Crippen molar-refractivity contribution < 1.29 is 9.53 Å². The average molecular weight is 220 g/mol. The molecule has 0 saturated heterocycles. The van der Waals surface area contributed by atoms with Crippen molar-refractivity contribution in [1.29, 1.82) is 0 Å². The topological polar surface area (TPSA) is 26.3 Å². The second-order valence-corrected chi connectivity index (χ2v) is 4.87. The molecule has 1 aromatic carbocycles. The maximum absolute atomic E-state index is 11.0. The summed E-state index contributed by atoms with van der Waals surface area (Å²) in [6, 6.07) is 10.3. The molecule has 16 heavy (non-hydrogen) atoms. The maximum atomic E-state index is 11.0. The van der Waals surface area contributed by atoms with E-state index >= 15 is 0 Å². The van der Waals surface area contributed by atoms with Crippen molar-refractivity contribution in [3.05, 3.63) is 35.9 Å². The number of rotatable bonds is 4. The summed E-state index contributed by atoms with van der Waals surface area (Å²) in [6.45, 7) is 7.51. The lowest BCUT2D eigenvalue weighted by atomic mass is 9.89. The predicted molar refractivity (Wildman–Crippen MR) is 65.3 cm³/mol. The highest BCUT2D eigenvalue weighted by Crippen LogP contribution is 2.27. The summed E-state index contributed by atoms with van der Waals surface area (Å²) < 4.78 is 5.29. The Bertz CT molecular complexity index is 341. The van der Waals surface area contributed by atoms with Crippen LogP contribution in [0.1, 0.15) is 45.6 Å². The summed E-state index contributed by atoms with van der Waals surface area (Å²) in [7, 11) is 0. The molecule has 1 aromatic rings. The van der Waals surface area contributed by atoms with Gasteiger partial charge >= 0.3 is 5.97 Å². The van der Waals surface area contributed by atoms with Gasteiger partial charge in [0.05, 0.1) is 0 Å². The summed E-state index contributed by atoms with van der Waals surface area (Å²) in [4.78, 5) is 11.0. The van der Waals surface area contributed by atoms with Crippen LogP contribution in [0.25, 0.3) is 0 Å². The van der Waals surface area contributed by atoms with Crippen molar-refractivity contribution in [3.8, 4) is 0 Å². The minimum Gasteiger partial charge on any atom is -0.460 e. The van der Waals surface area contributed by atoms with E-state index in [2.05, 4.69) is 19.1 Å². The van der Waals surface area contributed by atoms with Crippen LogP contribution in [-0.2, 0) is 9.53 Å². The molecule has 0 spiro atoms. The first-order valence-corrected chi connectivity index (χ1v) is 5.65. The average Bonchev–Trinajstić information content (AvgIpc) is 2.16. The van der Waals surface area contributed by atoms with E-state index in [1.54, 1.807) is 0 Å². The van der Waals surface area contributed by atoms with E-state index in [1.807, 2.05) is 32.0 Å². The first-order valence-electron chi connectivity index (χ1n) is 5.65. The van der Waals surface area contributed by atoms with E-state index in [0.29, 0.717) is 5.92 Å². The highest BCUT2D eigenvalue weighted by Gasteiger charge is 2.24. The van der Waals surface area contributed by atoms with Crippen LogP contribution in [0, 0.1) is 0 Å². The standard InChI is InChI=1S/C14H20O2/c1-11(13-8-6-5-7-9-13)10-14(3,4)16-12(2)15/h5-9,11H,10H2,1-4H3. The minimum absolute atomic E-state index is 0.217. The van der Waals surface area contributed by atoms with Crippen LogP contribution in [-0.4, -0.2) is 11.6 Å². The summed E-state index contributed by atoms with van der Waals surface area (Å²) in [5.74, 6) is 0.167. The van der Waals surface area contributed by atoms with Crippen molar-refractivity contribution in [2.75, 3.05) is 0 Å². The first kappa shape index (κ1) is 12.8. The lowest BCUT2D eigenvalue weighted by Gasteiger charge is -2.27. The zero-order valence-electron chi connectivity index (χ0n) is 10.5. The fourth-order valence-electron chi connectivity index (χ4n) is 2.07. The summed E-state index contributed by atoms with van der Waals surface area (Å²) in [5, 5.41) is 0. The molecule has 0 fully saturated rings. The zero-order chi connectivity index (χ0) is 12.2. The Morgan fingerprint density at radius 3 is 2.38 bits per heavy atom. The molecule has 1 atom stereocenters. The van der Waals surface area contributed by atoms with Crippen molar-refractivity contribution in [3.63, 3.8) is 0 Å². The molecule has 2 heteroatoms. The lowest BCUT2D eigenvalue weighted by molar-refractivity contribution is -0.154. The molecule has 0 bridgehead atoms. The summed E-state index contributed by atoms with van der Waals surface area (Å²) >= 11 is 0. The number of benzene rings is 1. The molecule has 0 radical (unpaired) electrons. The van der Waals surface area contributed by atoms with Gasteiger partial charge in [0.25, 0.3) is 0 Å². The van der Waals surface area contributed by atoms with Crippen molar-refractivity contribution in [1.82, 2.24) is 0 Å². The Kier molecular flexibility index (Phi) is 4.11. The second kappa shape index (κ2) is 5.15. The molecule has 88 valence electrons. The van der Waals surface area contributed by atoms with Gasteiger partial charge in [-0.2, -0.15) is 0 Å². The molecule has 2 nitrogen and oxygen atoms in total. The van der Waals surface area contributed by atoms with Gasteiger partial charge < -0.3 is 4.74 Å². The SMILES string of the molecule is CC(=O)OC(C)(C)CC(C)c1ccccc1. The Hall–Kier alpha value is -1.31. The zero-order valence-corrected chi connectivity index (χ0v) is 10.5. The van der Waals surface area contributed by atoms with Gasteiger partial charge in [-0.15, -0.1) is 0 Å². The van der Waals surface area contributed by atoms with Crippen molar-refractivity contribution in [2.24, 2.45) is 0 Å². The Balaban J connectivity index is 2.64. The molecule has 1 rings (SSSR count). The van der Waals surface area contributed by atoms with Crippen LogP contribution in [0.2, 0.25) is 0 Å². The van der Waals surface area contributed by atoms with Gasteiger partial charge in [-0.3, -0.25) is 4.79 Å². The van der Waals surface area contributed by atoms with Crippen LogP contribution < -0.4 is 0 Å². The third kappa shape index (κ3) is 4.05. The third-order valence-electron chi connectivity index (χ3n) is 2.59. The molecule has 0 heterocycles. The highest BCUT2D eigenvalue weighted by molar-refractivity contribution is 5.66. The van der Waals surface area contributed by atoms with E-state index in [0.717, 1.165) is 6.42 Å². The van der Waals surface area contributed by atoms with E-state index in [4.69, 9.17) is 4.74 Å². The molecular weight excluding hydrogens is 200 g/mol. The predicted octanol–water partition coefficient (Wildman–Crippen LogP) is 3.52. The second-order valence-electron chi connectivity index (χ2n) is 4.87. The van der Waals surface area contributed by atoms with E-state index in [1.165, 1.54) is 12.5 Å². The molecule has 0 aliphatic heterocycles. The molecule has 0 aromatic heterocycles. The number of ether oxygens (including phenoxy) is 1. The van der Waals surface area contributed by atoms with E-state index < -0.39 is 5.60 Å². The van der Waals surface area contributed by atoms with Crippen LogP contribution in [0.15, 0.2) is 30.3 Å². The third-order valence-corrected chi connectivity index (χ3v) is 2.59. The van der Waals surface area contributed by atoms with Crippen molar-refractivity contribution >= 4 is 5.97 Å². The fraction of sp³-hybridized carbons (Fsp3) is 0.500. The Morgan fingerprint density at radius 1 is 1.31 bits per heavy atom. The van der Waals surface area contributed by atoms with E-state index in [-0.39, 0.29) is 5.97 Å². The van der Waals surface area contributed by atoms with Crippen LogP contribution in [0.5, 0.6) is 0 Å². The monoisotopic (exact) mass is 220 g/mol. The molecule has 0 N–H and O–H groups in total. The summed E-state index contributed by atoms with van der Waals surface area (Å²) in [6.07, 6.45) is 0.830. The number of hydrogen-bond donors (Lipinski definition) is 0. The number of esters is 1. The normalized spacial score (nSPS) is 13.2. The molecule has 1 unspecified atom stereocenters. The quantitative estimate of drug-likeness (QED) is 0.726. The Labute approximate surface area is 97.6 Å². The molecule has 0 aliphatic rings. The van der Waals surface area contributed by atoms with Crippen molar-refractivity contribution in [2.45, 2.75) is 45.6 Å². The number of carbonyl (C=O) groups is 1. The lowest BCUT2D eigenvalue weighted by Crippen LogP contribution is -2.28.